The summed E-state index contributed by atoms with van der Waals surface area (Å²) in [5, 5.41) is -0.347. The molecule has 6 heteroatoms. The predicted octanol–water partition coefficient (Wildman–Crippen LogP) is 2.60. The average molecular weight is 304 g/mol. The summed E-state index contributed by atoms with van der Waals surface area (Å²) in [6.45, 7) is 2.27. The number of hydrogen-bond donors (Lipinski definition) is 1. The molecule has 1 aromatic carbocycles. The van der Waals surface area contributed by atoms with Gasteiger partial charge in [0.1, 0.15) is 0 Å². The van der Waals surface area contributed by atoms with Crippen molar-refractivity contribution in [2.24, 2.45) is 0 Å². The molecule has 1 rings (SSSR count). The number of nitrogens with one attached hydrogen (secondary N) is 1. The van der Waals surface area contributed by atoms with Crippen LogP contribution in [0.15, 0.2) is 29.2 Å². The fourth-order valence-corrected chi connectivity index (χ4v) is 2.78. The van der Waals surface area contributed by atoms with Crippen LogP contribution in [0.5, 0.6) is 0 Å². The van der Waals surface area contributed by atoms with Crippen LogP contribution in [0.1, 0.15) is 31.2 Å². The van der Waals surface area contributed by atoms with Gasteiger partial charge in [0.2, 0.25) is 15.3 Å². The van der Waals surface area contributed by atoms with Gasteiger partial charge in [-0.1, -0.05) is 24.1 Å². The van der Waals surface area contributed by atoms with Crippen molar-refractivity contribution in [1.82, 2.24) is 4.72 Å². The summed E-state index contributed by atoms with van der Waals surface area (Å²) in [6.07, 6.45) is 2.49. The Morgan fingerprint density at radius 3 is 2.37 bits per heavy atom. The Kier molecular flexibility index (Phi) is 6.48. The van der Waals surface area contributed by atoms with Gasteiger partial charge in [-0.15, -0.1) is 0 Å². The van der Waals surface area contributed by atoms with Crippen molar-refractivity contribution in [3.8, 4) is 0 Å². The molecular weight excluding hydrogens is 286 g/mol. The molecule has 0 radical (unpaired) electrons. The third kappa shape index (κ3) is 6.18. The van der Waals surface area contributed by atoms with Gasteiger partial charge >= 0.3 is 0 Å². The van der Waals surface area contributed by atoms with Crippen LogP contribution in [0.4, 0.5) is 0 Å². The molecule has 0 unspecified atom stereocenters. The minimum atomic E-state index is -3.42. The largest absolute Gasteiger partial charge is 0.281 e. The number of carbonyl (C=O) groups is 1. The molecule has 106 valence electrons. The first kappa shape index (κ1) is 16.1. The zero-order valence-electron chi connectivity index (χ0n) is 10.9. The lowest BCUT2D eigenvalue weighted by Gasteiger charge is -2.06. The minimum Gasteiger partial charge on any atom is -0.281 e. The normalized spacial score (nSPS) is 11.5. The Morgan fingerprint density at radius 2 is 1.79 bits per heavy atom. The van der Waals surface area contributed by atoms with Crippen LogP contribution in [0.25, 0.3) is 0 Å². The summed E-state index contributed by atoms with van der Waals surface area (Å²) >= 11 is 5.21. The van der Waals surface area contributed by atoms with Crippen molar-refractivity contribution in [2.45, 2.75) is 37.5 Å². The van der Waals surface area contributed by atoms with Crippen LogP contribution >= 0.6 is 11.6 Å². The van der Waals surface area contributed by atoms with E-state index < -0.39 is 10.0 Å². The molecule has 0 bridgehead atoms. The average Bonchev–Trinajstić information content (AvgIpc) is 2.34. The van der Waals surface area contributed by atoms with E-state index >= 15 is 0 Å². The highest BCUT2D eigenvalue weighted by Crippen LogP contribution is 2.10. The zero-order valence-corrected chi connectivity index (χ0v) is 12.4. The summed E-state index contributed by atoms with van der Waals surface area (Å²) < 4.78 is 26.3. The van der Waals surface area contributed by atoms with Gasteiger partial charge in [-0.2, -0.15) is 0 Å². The van der Waals surface area contributed by atoms with Gasteiger partial charge in [0, 0.05) is 13.0 Å². The molecule has 0 heterocycles. The van der Waals surface area contributed by atoms with Gasteiger partial charge in [-0.05, 0) is 43.5 Å². The third-order valence-electron chi connectivity index (χ3n) is 2.67. The number of aryl methyl sites for hydroxylation is 1. The van der Waals surface area contributed by atoms with Crippen molar-refractivity contribution in [3.63, 3.8) is 0 Å². The second-order valence-corrected chi connectivity index (χ2v) is 6.57. The summed E-state index contributed by atoms with van der Waals surface area (Å²) in [5.74, 6) is 0. The van der Waals surface area contributed by atoms with Crippen molar-refractivity contribution in [1.29, 1.82) is 0 Å². The first-order valence-electron chi connectivity index (χ1n) is 6.16. The van der Waals surface area contributed by atoms with E-state index in [1.165, 1.54) is 0 Å². The second kappa shape index (κ2) is 7.62. The van der Waals surface area contributed by atoms with Crippen LogP contribution < -0.4 is 4.72 Å². The van der Waals surface area contributed by atoms with E-state index in [4.69, 9.17) is 11.6 Å². The van der Waals surface area contributed by atoms with Crippen molar-refractivity contribution in [3.05, 3.63) is 29.8 Å². The highest BCUT2D eigenvalue weighted by atomic mass is 35.5. The Labute approximate surface area is 119 Å². The molecule has 4 nitrogen and oxygen atoms in total. The standard InChI is InChI=1S/C13H18ClNO3S/c1-11-6-8-12(9-7-11)19(17,18)15-10-4-2-3-5-13(14)16/h6-9,15H,2-5,10H2,1H3. The Morgan fingerprint density at radius 1 is 1.16 bits per heavy atom. The van der Waals surface area contributed by atoms with Crippen LogP contribution in [-0.2, 0) is 14.8 Å². The first-order chi connectivity index (χ1) is 8.92. The topological polar surface area (TPSA) is 63.2 Å². The monoisotopic (exact) mass is 303 g/mol. The number of unbranched alkanes of at least 4 members (excludes halogenated alkanes) is 2. The van der Waals surface area contributed by atoms with Gasteiger partial charge in [-0.3, -0.25) is 4.79 Å². The van der Waals surface area contributed by atoms with E-state index in [9.17, 15) is 13.2 Å². The lowest BCUT2D eigenvalue weighted by atomic mass is 10.2. The summed E-state index contributed by atoms with van der Waals surface area (Å²) in [7, 11) is -3.42. The maximum atomic E-state index is 11.9. The minimum absolute atomic E-state index is 0.272. The smallest absolute Gasteiger partial charge is 0.240 e. The van der Waals surface area contributed by atoms with Crippen LogP contribution in [0.2, 0.25) is 0 Å². The lowest BCUT2D eigenvalue weighted by molar-refractivity contribution is -0.111. The molecule has 1 N–H and O–H groups in total. The van der Waals surface area contributed by atoms with E-state index in [0.717, 1.165) is 12.0 Å². The summed E-state index contributed by atoms with van der Waals surface area (Å²) in [6, 6.07) is 6.70. The molecule has 19 heavy (non-hydrogen) atoms. The number of sulfonamides is 1. The van der Waals surface area contributed by atoms with Gasteiger partial charge < -0.3 is 0 Å². The maximum Gasteiger partial charge on any atom is 0.240 e. The van der Waals surface area contributed by atoms with Gasteiger partial charge in [0.25, 0.3) is 0 Å². The number of benzene rings is 1. The van der Waals surface area contributed by atoms with Gasteiger partial charge in [-0.25, -0.2) is 13.1 Å². The van der Waals surface area contributed by atoms with E-state index in [-0.39, 0.29) is 10.1 Å². The number of halogens is 1. The summed E-state index contributed by atoms with van der Waals surface area (Å²) in [5.41, 5.74) is 1.02. The second-order valence-electron chi connectivity index (χ2n) is 4.38. The third-order valence-corrected chi connectivity index (χ3v) is 4.34. The molecule has 0 saturated heterocycles. The van der Waals surface area contributed by atoms with E-state index in [2.05, 4.69) is 4.72 Å². The Bertz CT molecular complexity index is 511. The van der Waals surface area contributed by atoms with Gasteiger partial charge in [0.15, 0.2) is 0 Å². The highest BCUT2D eigenvalue weighted by Gasteiger charge is 2.12. The quantitative estimate of drug-likeness (QED) is 0.593. The molecule has 0 amide bonds. The van der Waals surface area contributed by atoms with Crippen molar-refractivity contribution < 1.29 is 13.2 Å². The fraction of sp³-hybridized carbons (Fsp3) is 0.462. The number of hydrogen-bond acceptors (Lipinski definition) is 3. The van der Waals surface area contributed by atoms with Crippen molar-refractivity contribution in [2.75, 3.05) is 6.54 Å². The Balaban J connectivity index is 2.35. The predicted molar refractivity (Wildman–Crippen MR) is 75.7 cm³/mol. The molecular formula is C13H18ClNO3S. The number of carbonyl (C=O) groups excluding carboxylic acids is 1. The van der Waals surface area contributed by atoms with E-state index in [1.807, 2.05) is 6.92 Å². The molecule has 0 aliphatic heterocycles. The molecule has 0 saturated carbocycles. The number of rotatable bonds is 8. The lowest BCUT2D eigenvalue weighted by Crippen LogP contribution is -2.24. The highest BCUT2D eigenvalue weighted by molar-refractivity contribution is 7.89. The molecule has 0 spiro atoms. The molecule has 0 aliphatic rings. The SMILES string of the molecule is Cc1ccc(S(=O)(=O)NCCCCCC(=O)Cl)cc1. The van der Waals surface area contributed by atoms with Crippen molar-refractivity contribution >= 4 is 26.9 Å². The molecule has 0 atom stereocenters. The van der Waals surface area contributed by atoms with E-state index in [0.29, 0.717) is 25.8 Å². The van der Waals surface area contributed by atoms with Gasteiger partial charge in [0.05, 0.1) is 4.90 Å². The molecule has 0 aromatic heterocycles. The fourth-order valence-electron chi connectivity index (χ4n) is 1.57. The summed E-state index contributed by atoms with van der Waals surface area (Å²) in [4.78, 5) is 10.8. The molecule has 0 fully saturated rings. The zero-order chi connectivity index (χ0) is 14.3. The maximum absolute atomic E-state index is 11.9. The Hall–Kier alpha value is -0.910. The molecule has 0 aliphatic carbocycles. The molecule has 1 aromatic rings. The first-order valence-corrected chi connectivity index (χ1v) is 8.02. The van der Waals surface area contributed by atoms with Crippen LogP contribution in [0.3, 0.4) is 0 Å². The van der Waals surface area contributed by atoms with Crippen LogP contribution in [-0.4, -0.2) is 20.2 Å². The van der Waals surface area contributed by atoms with Crippen LogP contribution in [0, 0.1) is 6.92 Å². The van der Waals surface area contributed by atoms with E-state index in [1.54, 1.807) is 24.3 Å².